The molecule has 0 fully saturated rings. The van der Waals surface area contributed by atoms with Crippen molar-refractivity contribution >= 4 is 23.4 Å². The predicted octanol–water partition coefficient (Wildman–Crippen LogP) is 3.55. The van der Waals surface area contributed by atoms with E-state index >= 15 is 0 Å². The molecule has 0 saturated carbocycles. The number of ether oxygens (including phenoxy) is 1. The van der Waals surface area contributed by atoms with E-state index in [0.717, 1.165) is 22.7 Å². The van der Waals surface area contributed by atoms with Crippen LogP contribution < -0.4 is 15.8 Å². The first-order valence-corrected chi connectivity index (χ1v) is 6.70. The highest BCUT2D eigenvalue weighted by Crippen LogP contribution is 2.29. The third kappa shape index (κ3) is 3.30. The number of benzene rings is 1. The Bertz CT molecular complexity index is 608. The number of nitrogens with two attached hydrogens (primary N) is 1. The molecule has 0 radical (unpaired) electrons. The second-order valence-electron chi connectivity index (χ2n) is 4.45. The Balaban J connectivity index is 2.30. The fraction of sp³-hybridized carbons (Fsp3) is 0.286. The number of hydrogen-bond acceptors (Lipinski definition) is 5. The molecule has 1 heterocycles. The van der Waals surface area contributed by atoms with Crippen LogP contribution in [0, 0.1) is 13.8 Å². The van der Waals surface area contributed by atoms with Gasteiger partial charge in [0.2, 0.25) is 11.8 Å². The molecule has 0 bridgehead atoms. The van der Waals surface area contributed by atoms with Crippen molar-refractivity contribution in [3.8, 4) is 11.6 Å². The van der Waals surface area contributed by atoms with E-state index in [4.69, 9.17) is 22.1 Å². The number of halogens is 1. The second-order valence-corrected chi connectivity index (χ2v) is 4.83. The third-order valence-electron chi connectivity index (χ3n) is 2.71. The lowest BCUT2D eigenvalue weighted by atomic mass is 10.1. The van der Waals surface area contributed by atoms with Crippen LogP contribution in [0.4, 0.5) is 11.8 Å². The van der Waals surface area contributed by atoms with E-state index in [9.17, 15) is 0 Å². The van der Waals surface area contributed by atoms with Gasteiger partial charge >= 0.3 is 0 Å². The predicted molar refractivity (Wildman–Crippen MR) is 81.6 cm³/mol. The Morgan fingerprint density at radius 3 is 2.45 bits per heavy atom. The van der Waals surface area contributed by atoms with Gasteiger partial charge in [-0.3, -0.25) is 0 Å². The molecule has 5 nitrogen and oxygen atoms in total. The quantitative estimate of drug-likeness (QED) is 0.901. The molecule has 0 aliphatic rings. The van der Waals surface area contributed by atoms with Crippen LogP contribution in [0.1, 0.15) is 18.1 Å². The number of nitrogen functional groups attached to an aromatic ring is 1. The largest absolute Gasteiger partial charge is 0.439 e. The molecule has 0 saturated heterocycles. The molecule has 1 aromatic carbocycles. The zero-order chi connectivity index (χ0) is 14.7. The van der Waals surface area contributed by atoms with Crippen molar-refractivity contribution in [1.29, 1.82) is 0 Å². The minimum Gasteiger partial charge on any atom is -0.439 e. The molecular formula is C14H17ClN4O. The summed E-state index contributed by atoms with van der Waals surface area (Å²) in [5.74, 6) is 1.87. The first-order valence-electron chi connectivity index (χ1n) is 6.32. The first kappa shape index (κ1) is 14.4. The summed E-state index contributed by atoms with van der Waals surface area (Å²) in [6.07, 6.45) is 0. The van der Waals surface area contributed by atoms with Gasteiger partial charge in [-0.05, 0) is 44.0 Å². The number of anilines is 2. The van der Waals surface area contributed by atoms with Gasteiger partial charge in [-0.15, -0.1) is 0 Å². The van der Waals surface area contributed by atoms with E-state index in [1.54, 1.807) is 6.07 Å². The highest BCUT2D eigenvalue weighted by atomic mass is 35.5. The number of aryl methyl sites for hydroxylation is 2. The van der Waals surface area contributed by atoms with Crippen molar-refractivity contribution in [2.24, 2.45) is 0 Å². The summed E-state index contributed by atoms with van der Waals surface area (Å²) in [5.41, 5.74) is 7.57. The highest BCUT2D eigenvalue weighted by molar-refractivity contribution is 6.32. The molecule has 0 aliphatic heterocycles. The van der Waals surface area contributed by atoms with Gasteiger partial charge < -0.3 is 15.8 Å². The SMILES string of the molecule is CCNc1cc(Oc2cc(C)c(Cl)c(C)c2)nc(N)n1. The fourth-order valence-corrected chi connectivity index (χ4v) is 1.96. The van der Waals surface area contributed by atoms with Gasteiger partial charge in [-0.25, -0.2) is 0 Å². The van der Waals surface area contributed by atoms with Crippen molar-refractivity contribution in [1.82, 2.24) is 9.97 Å². The summed E-state index contributed by atoms with van der Waals surface area (Å²) in [5, 5.41) is 3.82. The lowest BCUT2D eigenvalue weighted by molar-refractivity contribution is 0.462. The molecule has 20 heavy (non-hydrogen) atoms. The molecule has 0 unspecified atom stereocenters. The summed E-state index contributed by atoms with van der Waals surface area (Å²) in [6, 6.07) is 5.43. The van der Waals surface area contributed by atoms with Crippen LogP contribution in [0.3, 0.4) is 0 Å². The summed E-state index contributed by atoms with van der Waals surface area (Å²) >= 11 is 6.13. The van der Waals surface area contributed by atoms with Gasteiger partial charge in [0, 0.05) is 17.6 Å². The summed E-state index contributed by atoms with van der Waals surface area (Å²) in [7, 11) is 0. The van der Waals surface area contributed by atoms with Crippen LogP contribution in [0.25, 0.3) is 0 Å². The van der Waals surface area contributed by atoms with Crippen molar-refractivity contribution < 1.29 is 4.74 Å². The third-order valence-corrected chi connectivity index (χ3v) is 3.31. The molecule has 6 heteroatoms. The van der Waals surface area contributed by atoms with E-state index in [-0.39, 0.29) is 5.95 Å². The molecule has 0 atom stereocenters. The zero-order valence-corrected chi connectivity index (χ0v) is 12.5. The maximum absolute atomic E-state index is 6.13. The molecule has 0 amide bonds. The lowest BCUT2D eigenvalue weighted by Gasteiger charge is -2.10. The smallest absolute Gasteiger partial charge is 0.226 e. The Morgan fingerprint density at radius 2 is 1.85 bits per heavy atom. The molecule has 2 aromatic rings. The number of rotatable bonds is 4. The van der Waals surface area contributed by atoms with E-state index in [1.165, 1.54) is 0 Å². The average Bonchev–Trinajstić information content (AvgIpc) is 2.35. The molecular weight excluding hydrogens is 276 g/mol. The summed E-state index contributed by atoms with van der Waals surface area (Å²) < 4.78 is 5.73. The topological polar surface area (TPSA) is 73.1 Å². The highest BCUT2D eigenvalue weighted by Gasteiger charge is 2.07. The maximum Gasteiger partial charge on any atom is 0.226 e. The Kier molecular flexibility index (Phi) is 4.29. The second kappa shape index (κ2) is 5.96. The van der Waals surface area contributed by atoms with Crippen LogP contribution in [0.5, 0.6) is 11.6 Å². The van der Waals surface area contributed by atoms with Gasteiger partial charge in [-0.2, -0.15) is 9.97 Å². The zero-order valence-electron chi connectivity index (χ0n) is 11.7. The Labute approximate surface area is 123 Å². The van der Waals surface area contributed by atoms with Gasteiger partial charge in [0.15, 0.2) is 0 Å². The van der Waals surface area contributed by atoms with Gasteiger partial charge in [0.1, 0.15) is 11.6 Å². The summed E-state index contributed by atoms with van der Waals surface area (Å²) in [6.45, 7) is 6.58. The van der Waals surface area contributed by atoms with Gasteiger partial charge in [-0.1, -0.05) is 11.6 Å². The van der Waals surface area contributed by atoms with E-state index in [0.29, 0.717) is 17.4 Å². The van der Waals surface area contributed by atoms with Crippen molar-refractivity contribution in [3.63, 3.8) is 0 Å². The van der Waals surface area contributed by atoms with Gasteiger partial charge in [0.25, 0.3) is 0 Å². The maximum atomic E-state index is 6.13. The Morgan fingerprint density at radius 1 is 1.20 bits per heavy atom. The van der Waals surface area contributed by atoms with Crippen LogP contribution in [-0.4, -0.2) is 16.5 Å². The first-order chi connectivity index (χ1) is 9.49. The van der Waals surface area contributed by atoms with Crippen LogP contribution >= 0.6 is 11.6 Å². The number of aromatic nitrogens is 2. The molecule has 0 spiro atoms. The minimum atomic E-state index is 0.167. The van der Waals surface area contributed by atoms with E-state index in [2.05, 4.69) is 15.3 Å². The van der Waals surface area contributed by atoms with Crippen LogP contribution in [0.2, 0.25) is 5.02 Å². The number of nitrogens with zero attached hydrogens (tertiary/aromatic N) is 2. The monoisotopic (exact) mass is 292 g/mol. The standard InChI is InChI=1S/C14H17ClN4O/c1-4-17-11-7-12(19-14(16)18-11)20-10-5-8(2)13(15)9(3)6-10/h5-7H,4H2,1-3H3,(H3,16,17,18,19). The number of hydrogen-bond donors (Lipinski definition) is 2. The Hall–Kier alpha value is -2.01. The molecule has 106 valence electrons. The number of nitrogens with one attached hydrogen (secondary N) is 1. The van der Waals surface area contributed by atoms with Crippen molar-refractivity contribution in [2.75, 3.05) is 17.6 Å². The van der Waals surface area contributed by atoms with E-state index < -0.39 is 0 Å². The van der Waals surface area contributed by atoms with Gasteiger partial charge in [0.05, 0.1) is 0 Å². The minimum absolute atomic E-state index is 0.167. The van der Waals surface area contributed by atoms with Crippen molar-refractivity contribution in [3.05, 3.63) is 34.3 Å². The lowest BCUT2D eigenvalue weighted by Crippen LogP contribution is -2.04. The molecule has 3 N–H and O–H groups in total. The van der Waals surface area contributed by atoms with E-state index in [1.807, 2.05) is 32.9 Å². The average molecular weight is 293 g/mol. The molecule has 0 aliphatic carbocycles. The normalized spacial score (nSPS) is 10.4. The molecule has 1 aromatic heterocycles. The molecule has 2 rings (SSSR count). The van der Waals surface area contributed by atoms with Crippen LogP contribution in [-0.2, 0) is 0 Å². The van der Waals surface area contributed by atoms with Crippen LogP contribution in [0.15, 0.2) is 18.2 Å². The summed E-state index contributed by atoms with van der Waals surface area (Å²) in [4.78, 5) is 8.13. The van der Waals surface area contributed by atoms with Crippen molar-refractivity contribution in [2.45, 2.75) is 20.8 Å². The fourth-order valence-electron chi connectivity index (χ4n) is 1.85.